The molecule has 0 aliphatic rings. The first-order valence-electron chi connectivity index (χ1n) is 13.6. The second-order valence-corrected chi connectivity index (χ2v) is 10.8. The topological polar surface area (TPSA) is 128 Å². The molecule has 0 saturated heterocycles. The predicted molar refractivity (Wildman–Crippen MR) is 169 cm³/mol. The number of ether oxygens (including phenoxy) is 1. The van der Waals surface area contributed by atoms with Crippen molar-refractivity contribution >= 4 is 57.3 Å². The number of fused-ring (bicyclic) bond motifs is 1. The number of hydrogen-bond acceptors (Lipinski definition) is 8. The number of hydrogen-bond donors (Lipinski definition) is 4. The maximum absolute atomic E-state index is 13.2. The minimum atomic E-state index is -2.26. The van der Waals surface area contributed by atoms with Gasteiger partial charge in [0.05, 0.1) is 29.9 Å². The fraction of sp³-hybridized carbons (Fsp3) is 0.333. The molecule has 2 aromatic heterocycles. The van der Waals surface area contributed by atoms with Gasteiger partial charge in [0.2, 0.25) is 11.9 Å². The molecule has 0 radical (unpaired) electrons. The van der Waals surface area contributed by atoms with Crippen LogP contribution in [0.5, 0.6) is 5.75 Å². The minimum absolute atomic E-state index is 0.326. The number of alkyl halides is 2. The van der Waals surface area contributed by atoms with E-state index in [1.54, 1.807) is 25.4 Å². The Bertz CT molecular complexity index is 1610. The number of benzene rings is 2. The van der Waals surface area contributed by atoms with Crippen molar-refractivity contribution in [2.75, 3.05) is 56.9 Å². The number of likely N-dealkylation sites (N-methyl/N-ethyl adjacent to an activating group) is 2. The second-order valence-electron chi connectivity index (χ2n) is 10.4. The lowest BCUT2D eigenvalue weighted by atomic mass is 10.1. The number of aromatic nitrogens is 3. The van der Waals surface area contributed by atoms with Gasteiger partial charge in [-0.25, -0.2) is 14.4 Å². The largest absolute Gasteiger partial charge is 0.494 e. The van der Waals surface area contributed by atoms with Crippen molar-refractivity contribution in [1.82, 2.24) is 25.2 Å². The molecule has 43 heavy (non-hydrogen) atoms. The first-order valence-corrected chi connectivity index (χ1v) is 14.1. The molecule has 0 aliphatic heterocycles. The van der Waals surface area contributed by atoms with E-state index in [9.17, 15) is 14.0 Å². The highest BCUT2D eigenvalue weighted by Crippen LogP contribution is 2.38. The summed E-state index contributed by atoms with van der Waals surface area (Å²) in [5.41, 5.74) is 2.94. The first-order chi connectivity index (χ1) is 20.5. The molecular weight excluding hydrogens is 575 g/mol. The molecule has 0 spiro atoms. The van der Waals surface area contributed by atoms with Crippen LogP contribution in [0.1, 0.15) is 12.5 Å². The highest BCUT2D eigenvalue weighted by molar-refractivity contribution is 6.29. The van der Waals surface area contributed by atoms with Gasteiger partial charge >= 0.3 is 0 Å². The van der Waals surface area contributed by atoms with Gasteiger partial charge in [0, 0.05) is 55.1 Å². The average Bonchev–Trinajstić information content (AvgIpc) is 3.40. The number of para-hydroxylation sites is 1. The molecule has 228 valence electrons. The molecular formula is C30H36ClFN8O3. The van der Waals surface area contributed by atoms with Gasteiger partial charge in [-0.05, 0) is 45.6 Å². The molecule has 2 heterocycles. The molecule has 4 rings (SSSR count). The number of aromatic amines is 1. The van der Waals surface area contributed by atoms with Crippen LogP contribution in [-0.2, 0) is 9.59 Å². The molecule has 4 N–H and O–H groups in total. The Balaban J connectivity index is 1.70. The summed E-state index contributed by atoms with van der Waals surface area (Å²) in [7, 11) is 7.38. The Kier molecular flexibility index (Phi) is 10.0. The van der Waals surface area contributed by atoms with Gasteiger partial charge in [0.25, 0.3) is 11.5 Å². The summed E-state index contributed by atoms with van der Waals surface area (Å²) in [4.78, 5) is 41.4. The van der Waals surface area contributed by atoms with E-state index < -0.39 is 23.5 Å². The smallest absolute Gasteiger partial charge is 0.270 e. The van der Waals surface area contributed by atoms with E-state index in [2.05, 4.69) is 25.9 Å². The van der Waals surface area contributed by atoms with E-state index in [1.165, 1.54) is 6.92 Å². The standard InChI is InChI=1S/C30H36ClFN8O3/c1-17-15-34-30(38-26(17)20-16-33-21-10-8-7-9-19(20)21)37-23-13-22(36-28(41)18(2)35-29(42)27(31)32)24(14-25(23)43-6)40(5)12-11-39(3)4/h7-10,13-16,18,27,33H,11-12H2,1-6H3,(H,35,42)(H,36,41)(H,34,37,38)/t18-,27?/m0/s1. The van der Waals surface area contributed by atoms with E-state index in [-0.39, 0.29) is 0 Å². The number of anilines is 4. The summed E-state index contributed by atoms with van der Waals surface area (Å²) in [6.07, 6.45) is 3.66. The number of amides is 2. The third-order valence-electron chi connectivity index (χ3n) is 6.88. The third kappa shape index (κ3) is 7.51. The van der Waals surface area contributed by atoms with Gasteiger partial charge in [0.1, 0.15) is 11.8 Å². The zero-order chi connectivity index (χ0) is 31.3. The highest BCUT2D eigenvalue weighted by Gasteiger charge is 2.23. The van der Waals surface area contributed by atoms with Crippen molar-refractivity contribution in [2.45, 2.75) is 25.5 Å². The van der Waals surface area contributed by atoms with Crippen LogP contribution >= 0.6 is 11.6 Å². The lowest BCUT2D eigenvalue weighted by molar-refractivity contribution is -0.127. The molecule has 0 saturated carbocycles. The van der Waals surface area contributed by atoms with Gasteiger partial charge in [0.15, 0.2) is 0 Å². The van der Waals surface area contributed by atoms with Crippen molar-refractivity contribution in [3.8, 4) is 17.0 Å². The lowest BCUT2D eigenvalue weighted by Gasteiger charge is -2.26. The quantitative estimate of drug-likeness (QED) is 0.171. The van der Waals surface area contributed by atoms with Crippen molar-refractivity contribution in [1.29, 1.82) is 0 Å². The van der Waals surface area contributed by atoms with E-state index >= 15 is 0 Å². The maximum Gasteiger partial charge on any atom is 0.270 e. The van der Waals surface area contributed by atoms with E-state index in [0.717, 1.165) is 34.3 Å². The summed E-state index contributed by atoms with van der Waals surface area (Å²) in [5, 5.41) is 9.38. The first kappa shape index (κ1) is 31.5. The minimum Gasteiger partial charge on any atom is -0.494 e. The summed E-state index contributed by atoms with van der Waals surface area (Å²) in [5.74, 6) is -0.831. The molecule has 1 unspecified atom stereocenters. The SMILES string of the molecule is COc1cc(N(C)CCN(C)C)c(NC(=O)[C@H](C)NC(=O)C(F)Cl)cc1Nc1ncc(C)c(-c2c[nH]c3ccccc23)n1. The number of H-pyrrole nitrogens is 1. The van der Waals surface area contributed by atoms with Crippen LogP contribution in [0, 0.1) is 6.92 Å². The Morgan fingerprint density at radius 1 is 1.12 bits per heavy atom. The number of carbonyl (C=O) groups is 2. The molecule has 0 fully saturated rings. The zero-order valence-electron chi connectivity index (χ0n) is 25.0. The Morgan fingerprint density at radius 2 is 1.86 bits per heavy atom. The Labute approximate surface area is 254 Å². The van der Waals surface area contributed by atoms with Crippen LogP contribution in [0.2, 0.25) is 0 Å². The Hall–Kier alpha value is -4.42. The monoisotopic (exact) mass is 610 g/mol. The third-order valence-corrected chi connectivity index (χ3v) is 7.08. The number of nitrogens with one attached hydrogen (secondary N) is 4. The van der Waals surface area contributed by atoms with Gasteiger partial charge < -0.3 is 35.5 Å². The molecule has 0 bridgehead atoms. The normalized spacial score (nSPS) is 12.6. The van der Waals surface area contributed by atoms with Crippen LogP contribution in [0.15, 0.2) is 48.8 Å². The number of rotatable bonds is 12. The van der Waals surface area contributed by atoms with Crippen LogP contribution < -0.4 is 25.6 Å². The van der Waals surface area contributed by atoms with Crippen molar-refractivity contribution in [2.24, 2.45) is 0 Å². The van der Waals surface area contributed by atoms with Crippen LogP contribution in [0.4, 0.5) is 27.4 Å². The summed E-state index contributed by atoms with van der Waals surface area (Å²) >= 11 is 5.22. The molecule has 4 aromatic rings. The molecule has 0 aliphatic carbocycles. The van der Waals surface area contributed by atoms with Gasteiger partial charge in [-0.2, -0.15) is 0 Å². The van der Waals surface area contributed by atoms with E-state index in [0.29, 0.717) is 35.3 Å². The van der Waals surface area contributed by atoms with Gasteiger partial charge in [-0.3, -0.25) is 9.59 Å². The summed E-state index contributed by atoms with van der Waals surface area (Å²) in [6.45, 7) is 4.78. The van der Waals surface area contributed by atoms with Gasteiger partial charge in [-0.15, -0.1) is 0 Å². The average molecular weight is 611 g/mol. The number of aryl methyl sites for hydroxylation is 1. The fourth-order valence-corrected chi connectivity index (χ4v) is 4.53. The fourth-order valence-electron chi connectivity index (χ4n) is 4.47. The van der Waals surface area contributed by atoms with Crippen molar-refractivity contribution in [3.63, 3.8) is 0 Å². The van der Waals surface area contributed by atoms with Crippen LogP contribution in [0.25, 0.3) is 22.2 Å². The van der Waals surface area contributed by atoms with Crippen molar-refractivity contribution < 1.29 is 18.7 Å². The summed E-state index contributed by atoms with van der Waals surface area (Å²) in [6, 6.07) is 10.4. The zero-order valence-corrected chi connectivity index (χ0v) is 25.7. The lowest BCUT2D eigenvalue weighted by Crippen LogP contribution is -2.44. The van der Waals surface area contributed by atoms with E-state index in [4.69, 9.17) is 21.3 Å². The highest BCUT2D eigenvalue weighted by atomic mass is 35.5. The number of halogens is 2. The summed E-state index contributed by atoms with van der Waals surface area (Å²) < 4.78 is 18.9. The number of nitrogens with zero attached hydrogens (tertiary/aromatic N) is 4. The number of methoxy groups -OCH3 is 1. The molecule has 13 heteroatoms. The van der Waals surface area contributed by atoms with Gasteiger partial charge in [-0.1, -0.05) is 29.8 Å². The van der Waals surface area contributed by atoms with Crippen LogP contribution in [0.3, 0.4) is 0 Å². The molecule has 2 aromatic carbocycles. The van der Waals surface area contributed by atoms with Crippen molar-refractivity contribution in [3.05, 3.63) is 54.4 Å². The molecule has 11 nitrogen and oxygen atoms in total. The molecule has 2 amide bonds. The predicted octanol–water partition coefficient (Wildman–Crippen LogP) is 4.66. The Morgan fingerprint density at radius 3 is 2.56 bits per heavy atom. The van der Waals surface area contributed by atoms with E-state index in [1.807, 2.05) is 68.3 Å². The maximum atomic E-state index is 13.2. The second kappa shape index (κ2) is 13.7. The number of carbonyl (C=O) groups excluding carboxylic acids is 2. The molecule has 2 atom stereocenters. The van der Waals surface area contributed by atoms with Crippen LogP contribution in [-0.4, -0.2) is 84.7 Å².